The predicted molar refractivity (Wildman–Crippen MR) is 133 cm³/mol. The van der Waals surface area contributed by atoms with E-state index in [0.29, 0.717) is 22.5 Å². The van der Waals surface area contributed by atoms with Gasteiger partial charge in [0.15, 0.2) is 5.65 Å². The molecule has 4 N–H and O–H groups in total. The minimum absolute atomic E-state index is 0.0802. The van der Waals surface area contributed by atoms with Gasteiger partial charge in [0.05, 0.1) is 16.5 Å². The Balaban J connectivity index is 1.40. The van der Waals surface area contributed by atoms with Crippen LogP contribution < -0.4 is 16.4 Å². The summed E-state index contributed by atoms with van der Waals surface area (Å²) in [6.45, 7) is 1.96. The number of amides is 2. The van der Waals surface area contributed by atoms with E-state index >= 15 is 0 Å². The largest absolute Gasteiger partial charge is 0.366 e. The van der Waals surface area contributed by atoms with Crippen molar-refractivity contribution in [2.24, 2.45) is 0 Å². The number of carbonyl (C=O) groups is 2. The summed E-state index contributed by atoms with van der Waals surface area (Å²) < 4.78 is 14.8. The third kappa shape index (κ3) is 4.74. The smallest absolute Gasteiger partial charge is 0.261 e. The lowest BCUT2D eigenvalue weighted by molar-refractivity contribution is 0.0915. The lowest BCUT2D eigenvalue weighted by Crippen LogP contribution is -2.39. The number of nitrogens with zero attached hydrogens (tertiary/aromatic N) is 3. The number of fused-ring (bicyclic) bond motifs is 1. The summed E-state index contributed by atoms with van der Waals surface area (Å²) in [5.74, 6) is -0.667. The number of nitrogen functional groups attached to an aromatic ring is 1. The van der Waals surface area contributed by atoms with Gasteiger partial charge in [-0.2, -0.15) is 4.98 Å². The van der Waals surface area contributed by atoms with Gasteiger partial charge in [-0.25, -0.2) is 8.91 Å². The second kappa shape index (κ2) is 9.46. The number of nitrogens with two attached hydrogens (primary N) is 1. The molecule has 0 unspecified atom stereocenters. The number of benzene rings is 1. The van der Waals surface area contributed by atoms with Crippen molar-refractivity contribution in [2.75, 3.05) is 5.73 Å². The van der Waals surface area contributed by atoms with Crippen molar-refractivity contribution in [3.8, 4) is 11.1 Å². The average Bonchev–Trinajstić information content (AvgIpc) is 3.46. The predicted octanol–water partition coefficient (Wildman–Crippen LogP) is 4.34. The fourth-order valence-electron chi connectivity index (χ4n) is 4.10. The molecule has 0 spiro atoms. The Bertz CT molecular complexity index is 1390. The first-order valence-corrected chi connectivity index (χ1v) is 12.4. The highest BCUT2D eigenvalue weighted by atomic mass is 32.1. The Morgan fingerprint density at radius 1 is 1.20 bits per heavy atom. The molecule has 8 nitrogen and oxygen atoms in total. The zero-order valence-electron chi connectivity index (χ0n) is 19.1. The van der Waals surface area contributed by atoms with Crippen LogP contribution in [0.4, 0.5) is 10.3 Å². The van der Waals surface area contributed by atoms with Crippen molar-refractivity contribution in [3.05, 3.63) is 69.8 Å². The van der Waals surface area contributed by atoms with Crippen LogP contribution in [0.1, 0.15) is 64.2 Å². The maximum absolute atomic E-state index is 13.3. The van der Waals surface area contributed by atoms with Crippen LogP contribution in [0.2, 0.25) is 0 Å². The van der Waals surface area contributed by atoms with E-state index in [1.807, 2.05) is 12.3 Å². The molecule has 3 heterocycles. The van der Waals surface area contributed by atoms with E-state index in [9.17, 15) is 14.0 Å². The summed E-state index contributed by atoms with van der Waals surface area (Å²) in [5, 5.41) is 12.1. The second-order valence-corrected chi connectivity index (χ2v) is 9.58. The SMILES string of the molecule is CC[C@H](NC(=O)c1cc(-c2cc(C(=O)NC3CCC3)c3nc(N)nn3c2)cs1)c1ccc(F)cc1. The lowest BCUT2D eigenvalue weighted by atomic mass is 9.93. The molecule has 1 aliphatic carbocycles. The van der Waals surface area contributed by atoms with Crippen LogP contribution in [0.3, 0.4) is 0 Å². The molecular weight excluding hydrogens is 467 g/mol. The van der Waals surface area contributed by atoms with Gasteiger partial charge in [0.1, 0.15) is 5.82 Å². The third-order valence-electron chi connectivity index (χ3n) is 6.28. The Morgan fingerprint density at radius 2 is 1.97 bits per heavy atom. The van der Waals surface area contributed by atoms with E-state index in [2.05, 4.69) is 20.7 Å². The molecule has 1 aromatic carbocycles. The molecule has 180 valence electrons. The molecule has 1 saturated carbocycles. The summed E-state index contributed by atoms with van der Waals surface area (Å²) >= 11 is 1.31. The van der Waals surface area contributed by atoms with Crippen LogP contribution in [0.15, 0.2) is 48.0 Å². The fourth-order valence-corrected chi connectivity index (χ4v) is 4.91. The molecule has 10 heteroatoms. The standard InChI is InChI=1S/C25H25FN6O2S/c1-2-20(14-6-8-17(26)9-7-14)29-24(34)21-11-16(13-35-21)15-10-19(23(33)28-18-4-3-5-18)22-30-25(27)31-32(22)12-15/h6-13,18,20H,2-5H2,1H3,(H2,27,31)(H,28,33)(H,29,34)/t20-/m0/s1. The molecule has 1 fully saturated rings. The van der Waals surface area contributed by atoms with Gasteiger partial charge in [-0.15, -0.1) is 16.4 Å². The molecule has 4 aromatic rings. The van der Waals surface area contributed by atoms with Gasteiger partial charge in [0, 0.05) is 17.8 Å². The first-order chi connectivity index (χ1) is 16.9. The first-order valence-electron chi connectivity index (χ1n) is 11.5. The normalized spacial score (nSPS) is 14.5. The van der Waals surface area contributed by atoms with Crippen molar-refractivity contribution in [2.45, 2.75) is 44.7 Å². The van der Waals surface area contributed by atoms with E-state index in [1.165, 1.54) is 28.0 Å². The van der Waals surface area contributed by atoms with Crippen molar-refractivity contribution in [1.29, 1.82) is 0 Å². The molecule has 5 rings (SSSR count). The molecular formula is C25H25FN6O2S. The number of nitrogens with one attached hydrogen (secondary N) is 2. The number of rotatable bonds is 7. The molecule has 1 atom stereocenters. The van der Waals surface area contributed by atoms with Gasteiger partial charge >= 0.3 is 0 Å². The Kier molecular flexibility index (Phi) is 6.21. The van der Waals surface area contributed by atoms with Gasteiger partial charge in [-0.3, -0.25) is 9.59 Å². The van der Waals surface area contributed by atoms with E-state index in [-0.39, 0.29) is 35.7 Å². The summed E-state index contributed by atoms with van der Waals surface area (Å²) in [5.41, 5.74) is 8.93. The summed E-state index contributed by atoms with van der Waals surface area (Å²) in [7, 11) is 0. The number of thiophene rings is 1. The summed E-state index contributed by atoms with van der Waals surface area (Å²) in [6.07, 6.45) is 5.46. The molecule has 3 aromatic heterocycles. The Labute approximate surface area is 205 Å². The minimum atomic E-state index is -0.315. The molecule has 0 aliphatic heterocycles. The van der Waals surface area contributed by atoms with Gasteiger partial charge in [0.2, 0.25) is 5.95 Å². The number of hydrogen-bond donors (Lipinski definition) is 3. The van der Waals surface area contributed by atoms with Crippen molar-refractivity contribution in [1.82, 2.24) is 25.2 Å². The lowest BCUT2D eigenvalue weighted by Gasteiger charge is -2.26. The van der Waals surface area contributed by atoms with E-state index < -0.39 is 0 Å². The zero-order chi connectivity index (χ0) is 24.5. The van der Waals surface area contributed by atoms with Gasteiger partial charge in [0.25, 0.3) is 11.8 Å². The fraction of sp³-hybridized carbons (Fsp3) is 0.280. The zero-order valence-corrected chi connectivity index (χ0v) is 19.9. The summed E-state index contributed by atoms with van der Waals surface area (Å²) in [6, 6.07) is 9.62. The van der Waals surface area contributed by atoms with Crippen molar-refractivity contribution in [3.63, 3.8) is 0 Å². The number of anilines is 1. The van der Waals surface area contributed by atoms with Gasteiger partial charge < -0.3 is 16.4 Å². The third-order valence-corrected chi connectivity index (χ3v) is 7.21. The van der Waals surface area contributed by atoms with E-state index in [1.54, 1.807) is 30.5 Å². The maximum Gasteiger partial charge on any atom is 0.261 e. The van der Waals surface area contributed by atoms with E-state index in [0.717, 1.165) is 36.0 Å². The average molecular weight is 493 g/mol. The monoisotopic (exact) mass is 492 g/mol. The minimum Gasteiger partial charge on any atom is -0.366 e. The highest BCUT2D eigenvalue weighted by molar-refractivity contribution is 7.12. The van der Waals surface area contributed by atoms with Crippen LogP contribution in [0.5, 0.6) is 0 Å². The molecule has 35 heavy (non-hydrogen) atoms. The maximum atomic E-state index is 13.3. The Morgan fingerprint density at radius 3 is 2.66 bits per heavy atom. The topological polar surface area (TPSA) is 114 Å². The molecule has 0 saturated heterocycles. The van der Waals surface area contributed by atoms with Crippen LogP contribution in [-0.4, -0.2) is 32.5 Å². The molecule has 0 bridgehead atoms. The summed E-state index contributed by atoms with van der Waals surface area (Å²) in [4.78, 5) is 30.7. The number of hydrogen-bond acceptors (Lipinski definition) is 6. The number of halogens is 1. The molecule has 1 aliphatic rings. The Hall–Kier alpha value is -3.79. The van der Waals surface area contributed by atoms with Gasteiger partial charge in [-0.1, -0.05) is 19.1 Å². The number of pyridine rings is 1. The van der Waals surface area contributed by atoms with Crippen LogP contribution in [-0.2, 0) is 0 Å². The van der Waals surface area contributed by atoms with Crippen molar-refractivity contribution >= 4 is 34.7 Å². The first kappa shape index (κ1) is 23.0. The number of carbonyl (C=O) groups excluding carboxylic acids is 2. The van der Waals surface area contributed by atoms with Crippen LogP contribution in [0, 0.1) is 5.82 Å². The van der Waals surface area contributed by atoms with E-state index in [4.69, 9.17) is 5.73 Å². The second-order valence-electron chi connectivity index (χ2n) is 8.67. The van der Waals surface area contributed by atoms with Crippen molar-refractivity contribution < 1.29 is 14.0 Å². The van der Waals surface area contributed by atoms with Crippen LogP contribution >= 0.6 is 11.3 Å². The molecule has 2 amide bonds. The molecule has 0 radical (unpaired) electrons. The highest BCUT2D eigenvalue weighted by Gasteiger charge is 2.23. The van der Waals surface area contributed by atoms with Gasteiger partial charge in [-0.05, 0) is 66.5 Å². The highest BCUT2D eigenvalue weighted by Crippen LogP contribution is 2.29. The quantitative estimate of drug-likeness (QED) is 0.355. The number of aromatic nitrogens is 3. The van der Waals surface area contributed by atoms with Crippen LogP contribution in [0.25, 0.3) is 16.8 Å².